The number of carbonyl (C=O) groups is 1. The van der Waals surface area contributed by atoms with Gasteiger partial charge < -0.3 is 24.3 Å². The summed E-state index contributed by atoms with van der Waals surface area (Å²) in [5.41, 5.74) is 3.57. The molecular weight excluding hydrogens is 388 g/mol. The largest absolute Gasteiger partial charge is 0.487 e. The molecule has 6 nitrogen and oxygen atoms in total. The Labute approximate surface area is 186 Å². The summed E-state index contributed by atoms with van der Waals surface area (Å²) in [6.45, 7) is 5.86. The minimum Gasteiger partial charge on any atom is -0.487 e. The van der Waals surface area contributed by atoms with Crippen molar-refractivity contribution in [2.75, 3.05) is 63.2 Å². The second-order valence-electron chi connectivity index (χ2n) is 8.63. The lowest BCUT2D eigenvalue weighted by Gasteiger charge is -2.38. The van der Waals surface area contributed by atoms with Gasteiger partial charge in [0.2, 0.25) is 0 Å². The van der Waals surface area contributed by atoms with Crippen LogP contribution in [0, 0.1) is 0 Å². The highest BCUT2D eigenvalue weighted by molar-refractivity contribution is 5.74. The standard InChI is InChI=1S/C25H34N4O2/c1-26(2)25(30)29-17-15-28(16-18-29)23-19-22(27-13-7-4-8-14-27)11-12-24(23)31-20-21-9-5-3-6-10-21/h3,5-6,9-12,19H,4,7-8,13-18,20H2,1-2H3. The van der Waals surface area contributed by atoms with Gasteiger partial charge >= 0.3 is 6.03 Å². The highest BCUT2D eigenvalue weighted by Gasteiger charge is 2.25. The van der Waals surface area contributed by atoms with Gasteiger partial charge in [-0.05, 0) is 43.0 Å². The summed E-state index contributed by atoms with van der Waals surface area (Å²) in [6.07, 6.45) is 3.84. The van der Waals surface area contributed by atoms with Crippen molar-refractivity contribution >= 4 is 17.4 Å². The van der Waals surface area contributed by atoms with Crippen molar-refractivity contribution in [3.63, 3.8) is 0 Å². The minimum absolute atomic E-state index is 0.0854. The predicted octanol–water partition coefficient (Wildman–Crippen LogP) is 4.06. The van der Waals surface area contributed by atoms with E-state index in [0.717, 1.165) is 56.3 Å². The van der Waals surface area contributed by atoms with Crippen LogP contribution in [0.4, 0.5) is 16.2 Å². The van der Waals surface area contributed by atoms with Crippen molar-refractivity contribution in [1.82, 2.24) is 9.80 Å². The number of anilines is 2. The topological polar surface area (TPSA) is 39.3 Å². The average Bonchev–Trinajstić information content (AvgIpc) is 2.83. The first-order chi connectivity index (χ1) is 15.1. The second kappa shape index (κ2) is 9.94. The van der Waals surface area contributed by atoms with Crippen LogP contribution in [-0.2, 0) is 6.61 Å². The number of ether oxygens (including phenoxy) is 1. The molecule has 6 heteroatoms. The Morgan fingerprint density at radius 1 is 0.871 bits per heavy atom. The molecular formula is C25H34N4O2. The lowest BCUT2D eigenvalue weighted by molar-refractivity contribution is 0.168. The van der Waals surface area contributed by atoms with Gasteiger partial charge in [0.05, 0.1) is 5.69 Å². The van der Waals surface area contributed by atoms with Gasteiger partial charge in [0.1, 0.15) is 12.4 Å². The first kappa shape index (κ1) is 21.3. The Kier molecular flexibility index (Phi) is 6.85. The van der Waals surface area contributed by atoms with Gasteiger partial charge in [-0.2, -0.15) is 0 Å². The Hall–Kier alpha value is -2.89. The Morgan fingerprint density at radius 2 is 1.58 bits per heavy atom. The fourth-order valence-electron chi connectivity index (χ4n) is 4.38. The van der Waals surface area contributed by atoms with E-state index in [1.165, 1.54) is 24.9 Å². The molecule has 4 rings (SSSR count). The molecule has 2 heterocycles. The molecule has 2 fully saturated rings. The third kappa shape index (κ3) is 5.24. The van der Waals surface area contributed by atoms with Gasteiger partial charge in [-0.3, -0.25) is 0 Å². The van der Waals surface area contributed by atoms with Crippen LogP contribution < -0.4 is 14.5 Å². The molecule has 2 saturated heterocycles. The summed E-state index contributed by atoms with van der Waals surface area (Å²) in [5.74, 6) is 0.914. The molecule has 0 atom stereocenters. The fraction of sp³-hybridized carbons (Fsp3) is 0.480. The van der Waals surface area contributed by atoms with Crippen molar-refractivity contribution in [3.05, 3.63) is 54.1 Å². The molecule has 0 saturated carbocycles. The van der Waals surface area contributed by atoms with Crippen molar-refractivity contribution in [2.24, 2.45) is 0 Å². The van der Waals surface area contributed by atoms with E-state index in [0.29, 0.717) is 6.61 Å². The molecule has 2 amide bonds. The number of amides is 2. The molecule has 2 aliphatic rings. The quantitative estimate of drug-likeness (QED) is 0.729. The van der Waals surface area contributed by atoms with Gasteiger partial charge in [0.15, 0.2) is 0 Å². The minimum atomic E-state index is 0.0854. The monoisotopic (exact) mass is 422 g/mol. The summed E-state index contributed by atoms with van der Waals surface area (Å²) in [7, 11) is 3.62. The number of piperidine rings is 1. The van der Waals surface area contributed by atoms with Crippen LogP contribution in [0.2, 0.25) is 0 Å². The highest BCUT2D eigenvalue weighted by atomic mass is 16.5. The van der Waals surface area contributed by atoms with Crippen molar-refractivity contribution in [3.8, 4) is 5.75 Å². The van der Waals surface area contributed by atoms with Crippen molar-refractivity contribution in [1.29, 1.82) is 0 Å². The summed E-state index contributed by atoms with van der Waals surface area (Å²) in [4.78, 5) is 20.8. The maximum atomic E-state index is 12.3. The van der Waals surface area contributed by atoms with E-state index in [9.17, 15) is 4.79 Å². The van der Waals surface area contributed by atoms with Crippen LogP contribution in [0.5, 0.6) is 5.75 Å². The third-order valence-electron chi connectivity index (χ3n) is 6.17. The smallest absolute Gasteiger partial charge is 0.319 e. The van der Waals surface area contributed by atoms with E-state index in [4.69, 9.17) is 4.74 Å². The van der Waals surface area contributed by atoms with E-state index in [-0.39, 0.29) is 6.03 Å². The Bertz CT molecular complexity index is 857. The van der Waals surface area contributed by atoms with Crippen LogP contribution in [0.3, 0.4) is 0 Å². The normalized spacial score (nSPS) is 16.9. The van der Waals surface area contributed by atoms with Crippen LogP contribution in [0.25, 0.3) is 0 Å². The molecule has 166 valence electrons. The maximum Gasteiger partial charge on any atom is 0.319 e. The van der Waals surface area contributed by atoms with E-state index in [1.807, 2.05) is 37.2 Å². The molecule has 0 aliphatic carbocycles. The molecule has 2 aliphatic heterocycles. The second-order valence-corrected chi connectivity index (χ2v) is 8.63. The Balaban J connectivity index is 1.53. The van der Waals surface area contributed by atoms with E-state index in [2.05, 4.69) is 40.1 Å². The lowest BCUT2D eigenvalue weighted by Crippen LogP contribution is -2.51. The summed E-state index contributed by atoms with van der Waals surface area (Å²) in [5, 5.41) is 0. The summed E-state index contributed by atoms with van der Waals surface area (Å²) < 4.78 is 6.28. The maximum absolute atomic E-state index is 12.3. The van der Waals surface area contributed by atoms with Crippen LogP contribution in [0.15, 0.2) is 48.5 Å². The average molecular weight is 423 g/mol. The third-order valence-corrected chi connectivity index (χ3v) is 6.17. The Morgan fingerprint density at radius 3 is 2.26 bits per heavy atom. The number of carbonyl (C=O) groups excluding carboxylic acids is 1. The molecule has 0 unspecified atom stereocenters. The SMILES string of the molecule is CN(C)C(=O)N1CCN(c2cc(N3CCCCC3)ccc2OCc2ccccc2)CC1. The van der Waals surface area contributed by atoms with Crippen LogP contribution in [-0.4, -0.2) is 69.2 Å². The highest BCUT2D eigenvalue weighted by Crippen LogP contribution is 2.35. The number of urea groups is 1. The number of rotatable bonds is 5. The van der Waals surface area contributed by atoms with Crippen LogP contribution in [0.1, 0.15) is 24.8 Å². The van der Waals surface area contributed by atoms with Gasteiger partial charge in [-0.25, -0.2) is 4.79 Å². The van der Waals surface area contributed by atoms with Crippen molar-refractivity contribution in [2.45, 2.75) is 25.9 Å². The lowest BCUT2D eigenvalue weighted by atomic mass is 10.1. The predicted molar refractivity (Wildman–Crippen MR) is 126 cm³/mol. The zero-order chi connectivity index (χ0) is 21.6. The molecule has 0 aromatic heterocycles. The number of piperazine rings is 1. The zero-order valence-corrected chi connectivity index (χ0v) is 18.8. The van der Waals surface area contributed by atoms with Crippen LogP contribution >= 0.6 is 0 Å². The number of hydrogen-bond acceptors (Lipinski definition) is 4. The zero-order valence-electron chi connectivity index (χ0n) is 18.8. The fourth-order valence-corrected chi connectivity index (χ4v) is 4.38. The first-order valence-corrected chi connectivity index (χ1v) is 11.4. The van der Waals surface area contributed by atoms with Gasteiger partial charge in [-0.15, -0.1) is 0 Å². The number of nitrogens with zero attached hydrogens (tertiary/aromatic N) is 4. The van der Waals surface area contributed by atoms with Gasteiger partial charge in [0, 0.05) is 59.1 Å². The first-order valence-electron chi connectivity index (χ1n) is 11.4. The van der Waals surface area contributed by atoms with E-state index >= 15 is 0 Å². The summed E-state index contributed by atoms with van der Waals surface area (Å²) >= 11 is 0. The van der Waals surface area contributed by atoms with E-state index in [1.54, 1.807) is 4.90 Å². The van der Waals surface area contributed by atoms with Gasteiger partial charge in [0.25, 0.3) is 0 Å². The molecule has 2 aromatic rings. The van der Waals surface area contributed by atoms with Gasteiger partial charge in [-0.1, -0.05) is 30.3 Å². The number of benzene rings is 2. The van der Waals surface area contributed by atoms with E-state index < -0.39 is 0 Å². The molecule has 0 N–H and O–H groups in total. The molecule has 0 bridgehead atoms. The molecule has 0 radical (unpaired) electrons. The number of hydrogen-bond donors (Lipinski definition) is 0. The summed E-state index contributed by atoms with van der Waals surface area (Å²) in [6, 6.07) is 17.0. The van der Waals surface area contributed by atoms with Crippen molar-refractivity contribution < 1.29 is 9.53 Å². The molecule has 2 aromatic carbocycles. The molecule has 0 spiro atoms. The molecule has 31 heavy (non-hydrogen) atoms.